The maximum atomic E-state index is 5.09. The standard InChI is InChI=1S/C50H32N4/c1-4-14-33(15-5-1)37-26-38(34-16-6-2-7-17-34)28-39(27-37)40-31-51-50(52-32-40)54-44-23-13-12-22-42(44)48-46(54)25-24-45-49(48)43-29-35-18-10-11-19-36(35)30-47(43)53(45)41-20-8-3-9-21-41/h1-32H. The lowest BCUT2D eigenvalue weighted by Crippen LogP contribution is -2.01. The van der Waals surface area contributed by atoms with E-state index in [0.29, 0.717) is 5.95 Å². The SMILES string of the molecule is c1ccc(-c2cc(-c3ccccc3)cc(-c3cnc(-n4c5ccccc5c5c6c7cc8ccccc8cc7n(-c7ccccc7)c6ccc54)nc3)c2)cc1. The van der Waals surface area contributed by atoms with Crippen molar-refractivity contribution >= 4 is 54.4 Å². The molecule has 0 saturated carbocycles. The lowest BCUT2D eigenvalue weighted by Gasteiger charge is -2.12. The molecule has 0 fully saturated rings. The Labute approximate surface area is 311 Å². The third kappa shape index (κ3) is 4.78. The van der Waals surface area contributed by atoms with Gasteiger partial charge in [-0.3, -0.25) is 4.57 Å². The number of fused-ring (bicyclic) bond motifs is 8. The molecule has 4 nitrogen and oxygen atoms in total. The zero-order valence-electron chi connectivity index (χ0n) is 29.3. The molecule has 0 atom stereocenters. The van der Waals surface area contributed by atoms with Gasteiger partial charge < -0.3 is 4.57 Å². The average molecular weight is 689 g/mol. The summed E-state index contributed by atoms with van der Waals surface area (Å²) in [5, 5.41) is 7.29. The third-order valence-corrected chi connectivity index (χ3v) is 10.8. The first-order valence-corrected chi connectivity index (χ1v) is 18.3. The highest BCUT2D eigenvalue weighted by atomic mass is 15.1. The van der Waals surface area contributed by atoms with Crippen LogP contribution in [0.25, 0.3) is 99.4 Å². The van der Waals surface area contributed by atoms with Crippen molar-refractivity contribution in [1.82, 2.24) is 19.1 Å². The summed E-state index contributed by atoms with van der Waals surface area (Å²) in [5.74, 6) is 0.643. The highest BCUT2D eigenvalue weighted by Gasteiger charge is 2.22. The number of hydrogen-bond donors (Lipinski definition) is 0. The van der Waals surface area contributed by atoms with E-state index >= 15 is 0 Å². The number of para-hydroxylation sites is 2. The Balaban J connectivity index is 1.13. The van der Waals surface area contributed by atoms with Gasteiger partial charge in [-0.1, -0.05) is 121 Å². The number of rotatable bonds is 5. The van der Waals surface area contributed by atoms with Crippen molar-refractivity contribution in [2.24, 2.45) is 0 Å². The van der Waals surface area contributed by atoms with Crippen LogP contribution in [0.1, 0.15) is 0 Å². The topological polar surface area (TPSA) is 35.6 Å². The minimum Gasteiger partial charge on any atom is -0.309 e. The lowest BCUT2D eigenvalue weighted by atomic mass is 9.94. The Hall–Kier alpha value is -7.30. The Morgan fingerprint density at radius 3 is 1.46 bits per heavy atom. The van der Waals surface area contributed by atoms with E-state index in [-0.39, 0.29) is 0 Å². The first-order valence-electron chi connectivity index (χ1n) is 18.3. The first-order chi connectivity index (χ1) is 26.8. The second-order valence-electron chi connectivity index (χ2n) is 13.9. The van der Waals surface area contributed by atoms with Gasteiger partial charge >= 0.3 is 0 Å². The molecule has 0 saturated heterocycles. The highest BCUT2D eigenvalue weighted by molar-refractivity contribution is 6.29. The van der Waals surface area contributed by atoms with Crippen LogP contribution in [0.5, 0.6) is 0 Å². The molecule has 11 rings (SSSR count). The van der Waals surface area contributed by atoms with E-state index in [1.165, 1.54) is 54.5 Å². The predicted molar refractivity (Wildman–Crippen MR) is 225 cm³/mol. The Kier molecular flexibility index (Phi) is 6.82. The van der Waals surface area contributed by atoms with Gasteiger partial charge in [0.25, 0.3) is 0 Å². The van der Waals surface area contributed by atoms with E-state index < -0.39 is 0 Å². The Bertz CT molecular complexity index is 3120. The summed E-state index contributed by atoms with van der Waals surface area (Å²) in [7, 11) is 0. The third-order valence-electron chi connectivity index (χ3n) is 10.8. The van der Waals surface area contributed by atoms with Crippen LogP contribution in [0.2, 0.25) is 0 Å². The van der Waals surface area contributed by atoms with Crippen molar-refractivity contribution in [2.75, 3.05) is 0 Å². The van der Waals surface area contributed by atoms with Crippen LogP contribution >= 0.6 is 0 Å². The molecule has 0 bridgehead atoms. The molecule has 252 valence electrons. The van der Waals surface area contributed by atoms with Crippen LogP contribution in [-0.4, -0.2) is 19.1 Å². The first kappa shape index (κ1) is 30.3. The van der Waals surface area contributed by atoms with E-state index in [4.69, 9.17) is 9.97 Å². The van der Waals surface area contributed by atoms with Crippen LogP contribution in [0.4, 0.5) is 0 Å². The average Bonchev–Trinajstić information content (AvgIpc) is 3.76. The number of nitrogens with zero attached hydrogens (tertiary/aromatic N) is 4. The van der Waals surface area contributed by atoms with Crippen molar-refractivity contribution < 1.29 is 0 Å². The fourth-order valence-electron chi connectivity index (χ4n) is 8.30. The molecule has 11 aromatic rings. The van der Waals surface area contributed by atoms with Gasteiger partial charge in [-0.2, -0.15) is 0 Å². The maximum Gasteiger partial charge on any atom is 0.234 e. The van der Waals surface area contributed by atoms with Gasteiger partial charge in [-0.15, -0.1) is 0 Å². The molecular weight excluding hydrogens is 657 g/mol. The van der Waals surface area contributed by atoms with Gasteiger partial charge in [0.15, 0.2) is 0 Å². The molecule has 0 N–H and O–H groups in total. The molecule has 0 aliphatic heterocycles. The van der Waals surface area contributed by atoms with Crippen LogP contribution in [0.15, 0.2) is 194 Å². The summed E-state index contributed by atoms with van der Waals surface area (Å²) in [6.45, 7) is 0. The molecule has 54 heavy (non-hydrogen) atoms. The van der Waals surface area contributed by atoms with Gasteiger partial charge in [0.2, 0.25) is 5.95 Å². The number of benzene rings is 8. The molecule has 0 amide bonds. The van der Waals surface area contributed by atoms with Crippen LogP contribution in [-0.2, 0) is 0 Å². The van der Waals surface area contributed by atoms with E-state index in [0.717, 1.165) is 39.0 Å². The fraction of sp³-hybridized carbons (Fsp3) is 0. The number of hydrogen-bond acceptors (Lipinski definition) is 2. The summed E-state index contributed by atoms with van der Waals surface area (Å²) < 4.78 is 4.62. The largest absolute Gasteiger partial charge is 0.309 e. The molecule has 0 spiro atoms. The molecule has 8 aromatic carbocycles. The number of aromatic nitrogens is 4. The highest BCUT2D eigenvalue weighted by Crippen LogP contribution is 2.43. The molecule has 0 aliphatic rings. The predicted octanol–water partition coefficient (Wildman–Crippen LogP) is 12.8. The fourth-order valence-corrected chi connectivity index (χ4v) is 8.30. The van der Waals surface area contributed by atoms with Crippen LogP contribution in [0, 0.1) is 0 Å². The summed E-state index contributed by atoms with van der Waals surface area (Å²) in [5.41, 5.74) is 12.4. The van der Waals surface area contributed by atoms with E-state index in [9.17, 15) is 0 Å². The van der Waals surface area contributed by atoms with E-state index in [1.54, 1.807) is 0 Å². The quantitative estimate of drug-likeness (QED) is 0.180. The van der Waals surface area contributed by atoms with Crippen molar-refractivity contribution in [3.63, 3.8) is 0 Å². The molecule has 3 heterocycles. The molecule has 3 aromatic heterocycles. The van der Waals surface area contributed by atoms with Gasteiger partial charge in [0.05, 0.1) is 22.1 Å². The normalized spacial score (nSPS) is 11.7. The molecule has 4 heteroatoms. The van der Waals surface area contributed by atoms with Gasteiger partial charge in [0.1, 0.15) is 0 Å². The van der Waals surface area contributed by atoms with Crippen molar-refractivity contribution in [3.05, 3.63) is 194 Å². The van der Waals surface area contributed by atoms with Crippen LogP contribution < -0.4 is 0 Å². The maximum absolute atomic E-state index is 5.09. The summed E-state index contributed by atoms with van der Waals surface area (Å²) in [4.78, 5) is 10.2. The molecule has 0 aliphatic carbocycles. The Morgan fingerprint density at radius 2 is 0.815 bits per heavy atom. The smallest absolute Gasteiger partial charge is 0.234 e. The molecule has 0 unspecified atom stereocenters. The molecular formula is C50H32N4. The Morgan fingerprint density at radius 1 is 0.315 bits per heavy atom. The second-order valence-corrected chi connectivity index (χ2v) is 13.9. The minimum absolute atomic E-state index is 0.643. The van der Waals surface area contributed by atoms with Crippen molar-refractivity contribution in [1.29, 1.82) is 0 Å². The monoisotopic (exact) mass is 688 g/mol. The summed E-state index contributed by atoms with van der Waals surface area (Å²) in [6.07, 6.45) is 3.93. The molecule has 0 radical (unpaired) electrons. The van der Waals surface area contributed by atoms with Gasteiger partial charge in [0, 0.05) is 45.2 Å². The zero-order chi connectivity index (χ0) is 35.6. The van der Waals surface area contributed by atoms with Crippen LogP contribution in [0.3, 0.4) is 0 Å². The second kappa shape index (κ2) is 12.1. The minimum atomic E-state index is 0.643. The zero-order valence-corrected chi connectivity index (χ0v) is 29.3. The van der Waals surface area contributed by atoms with Gasteiger partial charge in [-0.05, 0) is 99.3 Å². The van der Waals surface area contributed by atoms with Gasteiger partial charge in [-0.25, -0.2) is 9.97 Å². The van der Waals surface area contributed by atoms with Crippen molar-refractivity contribution in [3.8, 4) is 45.0 Å². The summed E-state index contributed by atoms with van der Waals surface area (Å²) in [6, 6.07) is 65.0. The summed E-state index contributed by atoms with van der Waals surface area (Å²) >= 11 is 0. The van der Waals surface area contributed by atoms with Crippen molar-refractivity contribution in [2.45, 2.75) is 0 Å². The van der Waals surface area contributed by atoms with E-state index in [2.05, 4.69) is 191 Å². The lowest BCUT2D eigenvalue weighted by molar-refractivity contribution is 0.990. The van der Waals surface area contributed by atoms with E-state index in [1.807, 2.05) is 12.4 Å².